The molecule has 1 aromatic heterocycles. The van der Waals surface area contributed by atoms with Gasteiger partial charge in [-0.05, 0) is 42.8 Å². The summed E-state index contributed by atoms with van der Waals surface area (Å²) in [5.74, 6) is 0.891. The molecule has 0 amide bonds. The van der Waals surface area contributed by atoms with Gasteiger partial charge in [-0.15, -0.1) is 0 Å². The van der Waals surface area contributed by atoms with Crippen LogP contribution < -0.4 is 5.32 Å². The van der Waals surface area contributed by atoms with Crippen LogP contribution in [0.1, 0.15) is 16.9 Å². The Hall–Kier alpha value is -2.21. The fraction of sp³-hybridized carbons (Fsp3) is 0.154. The van der Waals surface area contributed by atoms with E-state index in [1.807, 2.05) is 37.3 Å². The lowest BCUT2D eigenvalue weighted by atomic mass is 10.1. The van der Waals surface area contributed by atoms with Crippen molar-refractivity contribution in [3.05, 3.63) is 53.5 Å². The van der Waals surface area contributed by atoms with Gasteiger partial charge >= 0.3 is 0 Å². The van der Waals surface area contributed by atoms with E-state index in [2.05, 4.69) is 11.4 Å². The van der Waals surface area contributed by atoms with Crippen LogP contribution in [0.2, 0.25) is 0 Å². The zero-order valence-electron chi connectivity index (χ0n) is 9.03. The minimum atomic E-state index is 0.651. The van der Waals surface area contributed by atoms with Crippen molar-refractivity contribution in [1.29, 1.82) is 5.26 Å². The Kier molecular flexibility index (Phi) is 2.93. The predicted octanol–water partition coefficient (Wildman–Crippen LogP) is 3.07. The molecule has 3 heteroatoms. The van der Waals surface area contributed by atoms with E-state index in [9.17, 15) is 0 Å². The van der Waals surface area contributed by atoms with Gasteiger partial charge in [-0.3, -0.25) is 0 Å². The molecule has 1 N–H and O–H groups in total. The predicted molar refractivity (Wildman–Crippen MR) is 61.9 cm³/mol. The van der Waals surface area contributed by atoms with E-state index in [0.29, 0.717) is 12.1 Å². The van der Waals surface area contributed by atoms with E-state index in [4.69, 9.17) is 9.68 Å². The minimum absolute atomic E-state index is 0.651. The molecule has 1 heterocycles. The number of benzene rings is 1. The second-order valence-electron chi connectivity index (χ2n) is 3.57. The molecular formula is C13H12N2O. The Morgan fingerprint density at radius 3 is 2.88 bits per heavy atom. The van der Waals surface area contributed by atoms with Gasteiger partial charge in [0.2, 0.25) is 0 Å². The van der Waals surface area contributed by atoms with Crippen LogP contribution in [-0.2, 0) is 6.54 Å². The number of furan rings is 1. The van der Waals surface area contributed by atoms with Crippen LogP contribution in [0.25, 0.3) is 0 Å². The zero-order valence-corrected chi connectivity index (χ0v) is 9.03. The number of nitrogens with one attached hydrogen (secondary N) is 1. The lowest BCUT2D eigenvalue weighted by Crippen LogP contribution is -1.98. The number of rotatable bonds is 3. The third kappa shape index (κ3) is 2.23. The lowest BCUT2D eigenvalue weighted by molar-refractivity contribution is 0.518. The summed E-state index contributed by atoms with van der Waals surface area (Å²) in [7, 11) is 0. The molecule has 0 atom stereocenters. The number of hydrogen-bond donors (Lipinski definition) is 1. The molecule has 0 saturated heterocycles. The van der Waals surface area contributed by atoms with E-state index in [-0.39, 0.29) is 0 Å². The first-order valence-electron chi connectivity index (χ1n) is 5.06. The molecule has 0 saturated carbocycles. The van der Waals surface area contributed by atoms with Crippen LogP contribution >= 0.6 is 0 Å². The third-order valence-electron chi connectivity index (χ3n) is 2.39. The molecule has 80 valence electrons. The molecule has 0 aliphatic carbocycles. The summed E-state index contributed by atoms with van der Waals surface area (Å²) in [5, 5.41) is 12.0. The number of anilines is 1. The summed E-state index contributed by atoms with van der Waals surface area (Å²) in [6.07, 6.45) is 1.65. The van der Waals surface area contributed by atoms with Gasteiger partial charge in [0.25, 0.3) is 0 Å². The molecule has 0 unspecified atom stereocenters. The summed E-state index contributed by atoms with van der Waals surface area (Å²) in [6, 6.07) is 11.6. The first kappa shape index (κ1) is 10.3. The Morgan fingerprint density at radius 2 is 2.25 bits per heavy atom. The number of aryl methyl sites for hydroxylation is 1. The molecule has 0 aliphatic rings. The van der Waals surface area contributed by atoms with Crippen molar-refractivity contribution < 1.29 is 4.42 Å². The standard InChI is InChI=1S/C13H12N2O/c1-10-7-12(5-4-11(10)8-14)15-9-13-3-2-6-16-13/h2-7,15H,9H2,1H3. The highest BCUT2D eigenvalue weighted by atomic mass is 16.3. The minimum Gasteiger partial charge on any atom is -0.467 e. The van der Waals surface area contributed by atoms with Gasteiger partial charge in [-0.2, -0.15) is 5.26 Å². The number of nitriles is 1. The first-order chi connectivity index (χ1) is 7.79. The summed E-state index contributed by atoms with van der Waals surface area (Å²) in [5.41, 5.74) is 2.68. The average molecular weight is 212 g/mol. The fourth-order valence-electron chi connectivity index (χ4n) is 1.50. The highest BCUT2D eigenvalue weighted by molar-refractivity contribution is 5.51. The van der Waals surface area contributed by atoms with Crippen molar-refractivity contribution in [1.82, 2.24) is 0 Å². The maximum Gasteiger partial charge on any atom is 0.122 e. The molecule has 2 aromatic rings. The Balaban J connectivity index is 2.06. The van der Waals surface area contributed by atoms with Crippen molar-refractivity contribution in [3.63, 3.8) is 0 Å². The lowest BCUT2D eigenvalue weighted by Gasteiger charge is -2.06. The van der Waals surface area contributed by atoms with Crippen LogP contribution in [0.15, 0.2) is 41.0 Å². The molecule has 0 bridgehead atoms. The van der Waals surface area contributed by atoms with Gasteiger partial charge in [0.05, 0.1) is 24.4 Å². The third-order valence-corrected chi connectivity index (χ3v) is 2.39. The SMILES string of the molecule is Cc1cc(NCc2ccco2)ccc1C#N. The van der Waals surface area contributed by atoms with Gasteiger partial charge in [0, 0.05) is 5.69 Å². The number of nitrogens with zero attached hydrogens (tertiary/aromatic N) is 1. The molecule has 0 fully saturated rings. The molecule has 2 rings (SSSR count). The maximum absolute atomic E-state index is 8.80. The number of hydrogen-bond acceptors (Lipinski definition) is 3. The highest BCUT2D eigenvalue weighted by Crippen LogP contribution is 2.15. The Morgan fingerprint density at radius 1 is 1.38 bits per heavy atom. The van der Waals surface area contributed by atoms with Crippen molar-refractivity contribution in [2.24, 2.45) is 0 Å². The molecule has 1 aromatic carbocycles. The summed E-state index contributed by atoms with van der Waals surface area (Å²) >= 11 is 0. The normalized spacial score (nSPS) is 9.75. The van der Waals surface area contributed by atoms with Gasteiger partial charge in [0.15, 0.2) is 0 Å². The summed E-state index contributed by atoms with van der Waals surface area (Å²) in [4.78, 5) is 0. The second-order valence-corrected chi connectivity index (χ2v) is 3.57. The summed E-state index contributed by atoms with van der Waals surface area (Å²) in [6.45, 7) is 2.58. The molecule has 16 heavy (non-hydrogen) atoms. The molecule has 0 radical (unpaired) electrons. The van der Waals surface area contributed by atoms with Crippen LogP contribution in [0.5, 0.6) is 0 Å². The van der Waals surface area contributed by atoms with Crippen molar-refractivity contribution in [3.8, 4) is 6.07 Å². The molecular weight excluding hydrogens is 200 g/mol. The molecule has 3 nitrogen and oxygen atoms in total. The van der Waals surface area contributed by atoms with Crippen molar-refractivity contribution in [2.45, 2.75) is 13.5 Å². The monoisotopic (exact) mass is 212 g/mol. The van der Waals surface area contributed by atoms with Crippen LogP contribution in [-0.4, -0.2) is 0 Å². The van der Waals surface area contributed by atoms with Gasteiger partial charge in [-0.1, -0.05) is 0 Å². The van der Waals surface area contributed by atoms with Crippen LogP contribution in [0.3, 0.4) is 0 Å². The fourth-order valence-corrected chi connectivity index (χ4v) is 1.50. The van der Waals surface area contributed by atoms with E-state index in [0.717, 1.165) is 17.0 Å². The topological polar surface area (TPSA) is 49.0 Å². The second kappa shape index (κ2) is 4.54. The van der Waals surface area contributed by atoms with Gasteiger partial charge in [-0.25, -0.2) is 0 Å². The maximum atomic E-state index is 8.80. The van der Waals surface area contributed by atoms with Crippen molar-refractivity contribution >= 4 is 5.69 Å². The quantitative estimate of drug-likeness (QED) is 0.850. The van der Waals surface area contributed by atoms with Crippen molar-refractivity contribution in [2.75, 3.05) is 5.32 Å². The zero-order chi connectivity index (χ0) is 11.4. The van der Waals surface area contributed by atoms with Gasteiger partial charge in [0.1, 0.15) is 5.76 Å². The van der Waals surface area contributed by atoms with Crippen LogP contribution in [0.4, 0.5) is 5.69 Å². The molecule has 0 spiro atoms. The Labute approximate surface area is 94.3 Å². The smallest absolute Gasteiger partial charge is 0.122 e. The summed E-state index contributed by atoms with van der Waals surface area (Å²) < 4.78 is 5.22. The van der Waals surface area contributed by atoms with E-state index in [1.54, 1.807) is 6.26 Å². The molecule has 0 aliphatic heterocycles. The average Bonchev–Trinajstić information content (AvgIpc) is 2.79. The van der Waals surface area contributed by atoms with E-state index >= 15 is 0 Å². The first-order valence-corrected chi connectivity index (χ1v) is 5.06. The van der Waals surface area contributed by atoms with E-state index in [1.165, 1.54) is 0 Å². The van der Waals surface area contributed by atoms with Gasteiger partial charge < -0.3 is 9.73 Å². The largest absolute Gasteiger partial charge is 0.467 e. The van der Waals surface area contributed by atoms with E-state index < -0.39 is 0 Å². The Bertz CT molecular complexity index is 509. The van der Waals surface area contributed by atoms with Crippen LogP contribution in [0, 0.1) is 18.3 Å². The highest BCUT2D eigenvalue weighted by Gasteiger charge is 2.00.